The summed E-state index contributed by atoms with van der Waals surface area (Å²) in [5.41, 5.74) is 6.99. The SMILES string of the molecule is c1ccc(C2=NC(c3cccc4oc5cc(-c6ccc7ccccc7c6)ccc5c34)=NC(c3cc4ccccc4c4ccccc34)N2)cc1. The lowest BCUT2D eigenvalue weighted by atomic mass is 9.95. The molecular formula is C45H29N3O. The van der Waals surface area contributed by atoms with Crippen molar-refractivity contribution in [3.63, 3.8) is 0 Å². The third kappa shape index (κ3) is 4.61. The molecule has 1 aliphatic rings. The molecule has 1 aromatic heterocycles. The highest BCUT2D eigenvalue weighted by atomic mass is 16.3. The number of rotatable bonds is 4. The van der Waals surface area contributed by atoms with Crippen molar-refractivity contribution in [1.29, 1.82) is 0 Å². The summed E-state index contributed by atoms with van der Waals surface area (Å²) in [5, 5.41) is 13.0. The van der Waals surface area contributed by atoms with Crippen LogP contribution in [0.5, 0.6) is 0 Å². The van der Waals surface area contributed by atoms with Crippen molar-refractivity contribution in [1.82, 2.24) is 5.32 Å². The Labute approximate surface area is 282 Å². The molecule has 1 N–H and O–H groups in total. The Bertz CT molecular complexity index is 2810. The highest BCUT2D eigenvalue weighted by molar-refractivity contribution is 6.22. The van der Waals surface area contributed by atoms with Gasteiger partial charge in [-0.3, -0.25) is 0 Å². The molecule has 0 aliphatic carbocycles. The second-order valence-corrected chi connectivity index (χ2v) is 12.6. The van der Waals surface area contributed by atoms with Crippen molar-refractivity contribution in [3.05, 3.63) is 180 Å². The third-order valence-electron chi connectivity index (χ3n) is 9.71. The van der Waals surface area contributed by atoms with Gasteiger partial charge in [-0.15, -0.1) is 0 Å². The maximum atomic E-state index is 6.54. The molecule has 4 nitrogen and oxygen atoms in total. The van der Waals surface area contributed by atoms with Crippen LogP contribution in [0, 0.1) is 0 Å². The van der Waals surface area contributed by atoms with Gasteiger partial charge in [-0.25, -0.2) is 9.98 Å². The van der Waals surface area contributed by atoms with Crippen molar-refractivity contribution in [3.8, 4) is 11.1 Å². The summed E-state index contributed by atoms with van der Waals surface area (Å²) < 4.78 is 6.54. The van der Waals surface area contributed by atoms with E-state index < -0.39 is 0 Å². The number of fused-ring (bicyclic) bond motifs is 7. The number of hydrogen-bond acceptors (Lipinski definition) is 4. The van der Waals surface area contributed by atoms with Crippen molar-refractivity contribution in [2.45, 2.75) is 6.17 Å². The lowest BCUT2D eigenvalue weighted by Crippen LogP contribution is -2.33. The quantitative estimate of drug-likeness (QED) is 0.197. The van der Waals surface area contributed by atoms with E-state index in [2.05, 4.69) is 139 Å². The van der Waals surface area contributed by atoms with Gasteiger partial charge in [0.2, 0.25) is 0 Å². The number of nitrogens with zero attached hydrogens (tertiary/aromatic N) is 2. The Morgan fingerprint density at radius 3 is 2.06 bits per heavy atom. The molecule has 4 heteroatoms. The largest absolute Gasteiger partial charge is 0.456 e. The fourth-order valence-corrected chi connectivity index (χ4v) is 7.34. The topological polar surface area (TPSA) is 49.9 Å². The first-order valence-electron chi connectivity index (χ1n) is 16.6. The number of hydrogen-bond donors (Lipinski definition) is 1. The fourth-order valence-electron chi connectivity index (χ4n) is 7.34. The first-order valence-corrected chi connectivity index (χ1v) is 16.6. The summed E-state index contributed by atoms with van der Waals surface area (Å²) in [6, 6.07) is 57.5. The van der Waals surface area contributed by atoms with E-state index in [1.807, 2.05) is 30.3 Å². The second kappa shape index (κ2) is 11.0. The van der Waals surface area contributed by atoms with Crippen LogP contribution in [-0.2, 0) is 0 Å². The van der Waals surface area contributed by atoms with Gasteiger partial charge < -0.3 is 9.73 Å². The van der Waals surface area contributed by atoms with Crippen LogP contribution in [0.25, 0.3) is 65.4 Å². The summed E-state index contributed by atoms with van der Waals surface area (Å²) in [6.45, 7) is 0. The Balaban J connectivity index is 1.16. The minimum absolute atomic E-state index is 0.356. The van der Waals surface area contributed by atoms with E-state index in [1.165, 1.54) is 32.3 Å². The van der Waals surface area contributed by atoms with Gasteiger partial charge in [0.15, 0.2) is 5.84 Å². The highest BCUT2D eigenvalue weighted by Crippen LogP contribution is 2.38. The maximum Gasteiger partial charge on any atom is 0.160 e. The molecule has 1 unspecified atom stereocenters. The molecule has 0 saturated heterocycles. The van der Waals surface area contributed by atoms with Crippen molar-refractivity contribution < 1.29 is 4.42 Å². The van der Waals surface area contributed by atoms with E-state index >= 15 is 0 Å². The van der Waals surface area contributed by atoms with Gasteiger partial charge in [-0.2, -0.15) is 0 Å². The van der Waals surface area contributed by atoms with E-state index in [-0.39, 0.29) is 6.17 Å². The average molecular weight is 628 g/mol. The van der Waals surface area contributed by atoms with Gasteiger partial charge >= 0.3 is 0 Å². The zero-order valence-corrected chi connectivity index (χ0v) is 26.5. The maximum absolute atomic E-state index is 6.54. The number of amidine groups is 2. The molecule has 0 bridgehead atoms. The second-order valence-electron chi connectivity index (χ2n) is 12.6. The molecule has 10 rings (SSSR count). The van der Waals surface area contributed by atoms with E-state index in [4.69, 9.17) is 14.4 Å². The molecule has 230 valence electrons. The van der Waals surface area contributed by atoms with Gasteiger partial charge in [0, 0.05) is 27.5 Å². The predicted molar refractivity (Wildman–Crippen MR) is 204 cm³/mol. The van der Waals surface area contributed by atoms with Crippen LogP contribution in [0.2, 0.25) is 0 Å². The number of aliphatic imine (C=N–C) groups is 2. The van der Waals surface area contributed by atoms with E-state index in [9.17, 15) is 0 Å². The fraction of sp³-hybridized carbons (Fsp3) is 0.0222. The van der Waals surface area contributed by atoms with Crippen LogP contribution in [0.4, 0.5) is 0 Å². The Morgan fingerprint density at radius 2 is 1.18 bits per heavy atom. The normalized spacial score (nSPS) is 14.7. The Kier molecular flexibility index (Phi) is 6.21. The summed E-state index contributed by atoms with van der Waals surface area (Å²) in [7, 11) is 0. The number of benzene rings is 8. The van der Waals surface area contributed by atoms with Crippen molar-refractivity contribution in [2.75, 3.05) is 0 Å². The monoisotopic (exact) mass is 627 g/mol. The van der Waals surface area contributed by atoms with Gasteiger partial charge in [0.1, 0.15) is 23.2 Å². The van der Waals surface area contributed by atoms with Crippen LogP contribution in [-0.4, -0.2) is 11.7 Å². The van der Waals surface area contributed by atoms with Crippen LogP contribution in [0.1, 0.15) is 22.9 Å². The molecule has 8 aromatic carbocycles. The van der Waals surface area contributed by atoms with Gasteiger partial charge in [0.25, 0.3) is 0 Å². The predicted octanol–water partition coefficient (Wildman–Crippen LogP) is 11.2. The Morgan fingerprint density at radius 1 is 0.469 bits per heavy atom. The van der Waals surface area contributed by atoms with Crippen LogP contribution in [0.15, 0.2) is 178 Å². The Hall–Kier alpha value is -6.52. The molecule has 1 atom stereocenters. The molecule has 0 amide bonds. The van der Waals surface area contributed by atoms with Gasteiger partial charge in [-0.1, -0.05) is 133 Å². The lowest BCUT2D eigenvalue weighted by Gasteiger charge is -2.25. The average Bonchev–Trinajstić information content (AvgIpc) is 3.56. The highest BCUT2D eigenvalue weighted by Gasteiger charge is 2.25. The molecule has 0 radical (unpaired) electrons. The van der Waals surface area contributed by atoms with E-state index in [1.54, 1.807) is 0 Å². The van der Waals surface area contributed by atoms with Gasteiger partial charge in [0.05, 0.1) is 0 Å². The summed E-state index contributed by atoms with van der Waals surface area (Å²) >= 11 is 0. The summed E-state index contributed by atoms with van der Waals surface area (Å²) in [6.07, 6.45) is -0.356. The van der Waals surface area contributed by atoms with Crippen LogP contribution < -0.4 is 5.32 Å². The number of nitrogens with one attached hydrogen (secondary N) is 1. The van der Waals surface area contributed by atoms with Crippen molar-refractivity contribution >= 4 is 65.9 Å². The minimum Gasteiger partial charge on any atom is -0.456 e. The molecular weight excluding hydrogens is 599 g/mol. The first kappa shape index (κ1) is 27.6. The molecule has 49 heavy (non-hydrogen) atoms. The molecule has 0 spiro atoms. The van der Waals surface area contributed by atoms with Gasteiger partial charge in [-0.05, 0) is 73.8 Å². The molecule has 1 aliphatic heterocycles. The first-order chi connectivity index (χ1) is 24.3. The lowest BCUT2D eigenvalue weighted by molar-refractivity contribution is 0.668. The standard InChI is InChI=1S/C45H29N3O/c1-2-12-29(13-3-1)43-46-44(48-45(47-43)39-26-33-15-6-7-16-34(33)35-17-8-9-18-36(35)39)38-19-10-20-40-42(38)37-24-23-32(27-41(37)49-40)31-22-21-28-11-4-5-14-30(28)25-31/h1-27,45H,(H,46,47,48). The third-order valence-corrected chi connectivity index (χ3v) is 9.71. The minimum atomic E-state index is -0.356. The number of furan rings is 1. The van der Waals surface area contributed by atoms with Crippen LogP contribution >= 0.6 is 0 Å². The molecule has 0 fully saturated rings. The van der Waals surface area contributed by atoms with Crippen LogP contribution in [0.3, 0.4) is 0 Å². The zero-order valence-electron chi connectivity index (χ0n) is 26.5. The van der Waals surface area contributed by atoms with E-state index in [0.29, 0.717) is 5.84 Å². The zero-order chi connectivity index (χ0) is 32.3. The summed E-state index contributed by atoms with van der Waals surface area (Å²) in [4.78, 5) is 10.5. The summed E-state index contributed by atoms with van der Waals surface area (Å²) in [5.74, 6) is 1.46. The molecule has 9 aromatic rings. The molecule has 0 saturated carbocycles. The van der Waals surface area contributed by atoms with E-state index in [0.717, 1.165) is 55.6 Å². The van der Waals surface area contributed by atoms with Crippen molar-refractivity contribution in [2.24, 2.45) is 9.98 Å². The molecule has 2 heterocycles. The smallest absolute Gasteiger partial charge is 0.160 e.